The fourth-order valence-electron chi connectivity index (χ4n) is 3.29. The Morgan fingerprint density at radius 1 is 1.42 bits per heavy atom. The van der Waals surface area contributed by atoms with Crippen molar-refractivity contribution in [2.24, 2.45) is 0 Å². The van der Waals surface area contributed by atoms with Crippen molar-refractivity contribution in [2.75, 3.05) is 26.8 Å². The Morgan fingerprint density at radius 3 is 2.96 bits per heavy atom. The number of amides is 1. The lowest BCUT2D eigenvalue weighted by Crippen LogP contribution is -2.39. The van der Waals surface area contributed by atoms with Crippen molar-refractivity contribution in [1.29, 1.82) is 0 Å². The number of nitrogens with zero attached hydrogens (tertiary/aromatic N) is 1. The number of hydrogen-bond donors (Lipinski definition) is 2. The Morgan fingerprint density at radius 2 is 2.27 bits per heavy atom. The zero-order valence-electron chi connectivity index (χ0n) is 14.9. The number of aromatic amines is 1. The molecule has 1 atom stereocenters. The quantitative estimate of drug-likeness (QED) is 0.753. The van der Waals surface area contributed by atoms with Crippen LogP contribution in [-0.4, -0.2) is 59.8 Å². The molecule has 2 aromatic rings. The van der Waals surface area contributed by atoms with Crippen LogP contribution in [0.4, 0.5) is 0 Å². The minimum atomic E-state index is -0.910. The first-order chi connectivity index (χ1) is 12.6. The van der Waals surface area contributed by atoms with Gasteiger partial charge in [0.05, 0.1) is 26.1 Å². The van der Waals surface area contributed by atoms with Crippen LogP contribution >= 0.6 is 0 Å². The molecule has 2 N–H and O–H groups in total. The van der Waals surface area contributed by atoms with Crippen molar-refractivity contribution in [3.8, 4) is 5.75 Å². The van der Waals surface area contributed by atoms with Crippen LogP contribution in [0.3, 0.4) is 0 Å². The minimum Gasteiger partial charge on any atom is -0.497 e. The highest BCUT2D eigenvalue weighted by molar-refractivity contribution is 5.90. The van der Waals surface area contributed by atoms with Gasteiger partial charge in [0.15, 0.2) is 0 Å². The van der Waals surface area contributed by atoms with E-state index in [-0.39, 0.29) is 31.4 Å². The maximum absolute atomic E-state index is 12.8. The molecule has 1 aromatic heterocycles. The van der Waals surface area contributed by atoms with E-state index < -0.39 is 5.97 Å². The second kappa shape index (κ2) is 8.23. The molecule has 0 saturated carbocycles. The maximum atomic E-state index is 12.8. The summed E-state index contributed by atoms with van der Waals surface area (Å²) in [5, 5.41) is 9.91. The number of hydrogen-bond acceptors (Lipinski definition) is 4. The number of carboxylic acids is 1. The topological polar surface area (TPSA) is 91.9 Å². The number of aromatic nitrogens is 1. The molecule has 1 aromatic carbocycles. The first-order valence-electron chi connectivity index (χ1n) is 8.82. The van der Waals surface area contributed by atoms with E-state index in [1.165, 1.54) is 0 Å². The number of nitrogens with one attached hydrogen (secondary N) is 1. The first-order valence-corrected chi connectivity index (χ1v) is 8.82. The number of rotatable bonds is 8. The molecule has 1 saturated heterocycles. The second-order valence-corrected chi connectivity index (χ2v) is 6.52. The average Bonchev–Trinajstić information content (AvgIpc) is 3.28. The van der Waals surface area contributed by atoms with Crippen LogP contribution in [0, 0.1) is 0 Å². The van der Waals surface area contributed by atoms with E-state index in [1.54, 1.807) is 12.0 Å². The molecule has 1 aliphatic heterocycles. The van der Waals surface area contributed by atoms with E-state index in [0.717, 1.165) is 35.1 Å². The summed E-state index contributed by atoms with van der Waals surface area (Å²) >= 11 is 0. The lowest BCUT2D eigenvalue weighted by Gasteiger charge is -2.25. The Labute approximate surface area is 151 Å². The highest BCUT2D eigenvalue weighted by Crippen LogP contribution is 2.24. The number of aliphatic carboxylic acids is 1. The lowest BCUT2D eigenvalue weighted by molar-refractivity contribution is -0.139. The monoisotopic (exact) mass is 360 g/mol. The van der Waals surface area contributed by atoms with Gasteiger partial charge in [-0.15, -0.1) is 0 Å². The third kappa shape index (κ3) is 4.35. The van der Waals surface area contributed by atoms with Crippen LogP contribution in [0.2, 0.25) is 0 Å². The average molecular weight is 360 g/mol. The number of benzene rings is 1. The molecule has 7 nitrogen and oxygen atoms in total. The SMILES string of the molecule is COc1ccc2[nH]cc(CC(=O)N(CCC(=O)O)C[C@@H]3CCCO3)c2c1. The van der Waals surface area contributed by atoms with Gasteiger partial charge in [-0.3, -0.25) is 9.59 Å². The van der Waals surface area contributed by atoms with Crippen molar-refractivity contribution in [3.63, 3.8) is 0 Å². The van der Waals surface area contributed by atoms with Crippen molar-refractivity contribution < 1.29 is 24.2 Å². The van der Waals surface area contributed by atoms with Gasteiger partial charge >= 0.3 is 5.97 Å². The number of methoxy groups -OCH3 is 1. The van der Waals surface area contributed by atoms with Crippen molar-refractivity contribution in [3.05, 3.63) is 30.0 Å². The van der Waals surface area contributed by atoms with Gasteiger partial charge in [0.2, 0.25) is 5.91 Å². The third-order valence-electron chi connectivity index (χ3n) is 4.71. The molecule has 0 spiro atoms. The molecule has 140 valence electrons. The number of carbonyl (C=O) groups is 2. The van der Waals surface area contributed by atoms with Gasteiger partial charge in [-0.25, -0.2) is 0 Å². The molecular formula is C19H24N2O5. The zero-order chi connectivity index (χ0) is 18.5. The predicted octanol–water partition coefficient (Wildman–Crippen LogP) is 2.20. The summed E-state index contributed by atoms with van der Waals surface area (Å²) in [6.45, 7) is 1.34. The van der Waals surface area contributed by atoms with Gasteiger partial charge in [0.25, 0.3) is 0 Å². The summed E-state index contributed by atoms with van der Waals surface area (Å²) in [4.78, 5) is 28.6. The van der Waals surface area contributed by atoms with Crippen molar-refractivity contribution in [2.45, 2.75) is 31.8 Å². The third-order valence-corrected chi connectivity index (χ3v) is 4.71. The normalized spacial score (nSPS) is 16.7. The summed E-state index contributed by atoms with van der Waals surface area (Å²) in [5.41, 5.74) is 1.81. The van der Waals surface area contributed by atoms with Gasteiger partial charge in [-0.05, 0) is 36.6 Å². The molecule has 2 heterocycles. The van der Waals surface area contributed by atoms with Gasteiger partial charge in [-0.1, -0.05) is 0 Å². The number of H-pyrrole nitrogens is 1. The summed E-state index contributed by atoms with van der Waals surface area (Å²) < 4.78 is 10.9. The largest absolute Gasteiger partial charge is 0.497 e. The molecule has 1 fully saturated rings. The van der Waals surface area contributed by atoms with E-state index in [9.17, 15) is 9.59 Å². The van der Waals surface area contributed by atoms with E-state index in [0.29, 0.717) is 13.2 Å². The van der Waals surface area contributed by atoms with Crippen molar-refractivity contribution >= 4 is 22.8 Å². The molecule has 0 aliphatic carbocycles. The number of ether oxygens (including phenoxy) is 2. The highest BCUT2D eigenvalue weighted by atomic mass is 16.5. The van der Waals surface area contributed by atoms with Crippen LogP contribution in [-0.2, 0) is 20.7 Å². The number of carbonyl (C=O) groups excluding carboxylic acids is 1. The highest BCUT2D eigenvalue weighted by Gasteiger charge is 2.23. The molecule has 26 heavy (non-hydrogen) atoms. The number of carboxylic acid groups (broad SMARTS) is 1. The zero-order valence-corrected chi connectivity index (χ0v) is 14.9. The smallest absolute Gasteiger partial charge is 0.305 e. The van der Waals surface area contributed by atoms with E-state index in [4.69, 9.17) is 14.6 Å². The van der Waals surface area contributed by atoms with Crippen LogP contribution in [0.15, 0.2) is 24.4 Å². The van der Waals surface area contributed by atoms with E-state index >= 15 is 0 Å². The van der Waals surface area contributed by atoms with E-state index in [2.05, 4.69) is 4.98 Å². The molecule has 1 amide bonds. The summed E-state index contributed by atoms with van der Waals surface area (Å²) in [5.74, 6) is -0.273. The summed E-state index contributed by atoms with van der Waals surface area (Å²) in [6.07, 6.45) is 3.84. The Bertz CT molecular complexity index is 779. The van der Waals surface area contributed by atoms with Crippen molar-refractivity contribution in [1.82, 2.24) is 9.88 Å². The molecular weight excluding hydrogens is 336 g/mol. The Balaban J connectivity index is 1.74. The predicted molar refractivity (Wildman–Crippen MR) is 96.4 cm³/mol. The van der Waals surface area contributed by atoms with Crippen LogP contribution in [0.5, 0.6) is 5.75 Å². The summed E-state index contributed by atoms with van der Waals surface area (Å²) in [6, 6.07) is 5.67. The fraction of sp³-hybridized carbons (Fsp3) is 0.474. The molecule has 3 rings (SSSR count). The maximum Gasteiger partial charge on any atom is 0.305 e. The molecule has 1 aliphatic rings. The van der Waals surface area contributed by atoms with Crippen LogP contribution in [0.25, 0.3) is 10.9 Å². The molecule has 0 bridgehead atoms. The fourth-order valence-corrected chi connectivity index (χ4v) is 3.29. The Kier molecular flexibility index (Phi) is 5.78. The minimum absolute atomic E-state index is 0.00388. The molecule has 7 heteroatoms. The van der Waals surface area contributed by atoms with E-state index in [1.807, 2.05) is 24.4 Å². The van der Waals surface area contributed by atoms with Gasteiger partial charge in [0.1, 0.15) is 5.75 Å². The molecule has 0 unspecified atom stereocenters. The first kappa shape index (κ1) is 18.3. The van der Waals surface area contributed by atoms with Gasteiger partial charge in [0, 0.05) is 36.8 Å². The van der Waals surface area contributed by atoms with Gasteiger partial charge < -0.3 is 24.5 Å². The van der Waals surface area contributed by atoms with Gasteiger partial charge in [-0.2, -0.15) is 0 Å². The lowest BCUT2D eigenvalue weighted by atomic mass is 10.1. The summed E-state index contributed by atoms with van der Waals surface area (Å²) in [7, 11) is 1.61. The van der Waals surface area contributed by atoms with Crippen LogP contribution in [0.1, 0.15) is 24.8 Å². The van der Waals surface area contributed by atoms with Crippen LogP contribution < -0.4 is 4.74 Å². The standard InChI is InChI=1S/C19H24N2O5/c1-25-14-4-5-17-16(10-14)13(11-20-17)9-18(22)21(7-6-19(23)24)12-15-3-2-8-26-15/h4-5,10-11,15,20H,2-3,6-9,12H2,1H3,(H,23,24)/t15-/m0/s1. The Hall–Kier alpha value is -2.54. The molecule has 0 radical (unpaired) electrons. The number of fused-ring (bicyclic) bond motifs is 1. The second-order valence-electron chi connectivity index (χ2n) is 6.52.